The monoisotopic (exact) mass is 366 g/mol. The lowest BCUT2D eigenvalue weighted by Crippen LogP contribution is -2.43. The summed E-state index contributed by atoms with van der Waals surface area (Å²) < 4.78 is 2.08. The first-order valence-corrected chi connectivity index (χ1v) is 10.8. The summed E-state index contributed by atoms with van der Waals surface area (Å²) in [6, 6.07) is 13.0. The van der Waals surface area contributed by atoms with Crippen molar-refractivity contribution in [2.75, 3.05) is 32.7 Å². The Kier molecular flexibility index (Phi) is 6.59. The van der Waals surface area contributed by atoms with E-state index in [1.807, 2.05) is 12.3 Å². The number of aromatic nitrogens is 2. The molecule has 146 valence electrons. The van der Waals surface area contributed by atoms with Crippen molar-refractivity contribution in [1.29, 1.82) is 0 Å². The molecule has 0 spiro atoms. The number of nitrogens with zero attached hydrogens (tertiary/aromatic N) is 4. The first-order valence-electron chi connectivity index (χ1n) is 10.8. The van der Waals surface area contributed by atoms with Crippen LogP contribution in [-0.2, 0) is 13.1 Å². The standard InChI is InChI=1S/C23H34N4/c1-2-6-22(7-3-1)18-26-13-4-8-23(20-26)19-25-15-9-21(10-16-25)11-17-27-14-5-12-24-27/h1-3,5-7,12,14,21,23H,4,8-11,13,15-20H2. The van der Waals surface area contributed by atoms with Crippen LogP contribution < -0.4 is 0 Å². The number of piperidine rings is 2. The lowest BCUT2D eigenvalue weighted by atomic mass is 9.91. The lowest BCUT2D eigenvalue weighted by molar-refractivity contribution is 0.104. The highest BCUT2D eigenvalue weighted by molar-refractivity contribution is 5.14. The minimum Gasteiger partial charge on any atom is -0.303 e. The lowest BCUT2D eigenvalue weighted by Gasteiger charge is -2.38. The van der Waals surface area contributed by atoms with Crippen molar-refractivity contribution >= 4 is 0 Å². The van der Waals surface area contributed by atoms with Crippen molar-refractivity contribution < 1.29 is 0 Å². The van der Waals surface area contributed by atoms with Gasteiger partial charge < -0.3 is 4.90 Å². The quantitative estimate of drug-likeness (QED) is 0.743. The number of hydrogen-bond donors (Lipinski definition) is 0. The van der Waals surface area contributed by atoms with Gasteiger partial charge in [-0.25, -0.2) is 0 Å². The summed E-state index contributed by atoms with van der Waals surface area (Å²) in [5.74, 6) is 1.73. The Morgan fingerprint density at radius 1 is 0.889 bits per heavy atom. The van der Waals surface area contributed by atoms with Gasteiger partial charge in [-0.3, -0.25) is 9.58 Å². The Hall–Kier alpha value is -1.65. The fourth-order valence-electron chi connectivity index (χ4n) is 4.86. The average Bonchev–Trinajstić information content (AvgIpc) is 3.22. The maximum atomic E-state index is 4.33. The van der Waals surface area contributed by atoms with Gasteiger partial charge in [0, 0.05) is 38.6 Å². The predicted octanol–water partition coefficient (Wildman–Crippen LogP) is 3.90. The van der Waals surface area contributed by atoms with E-state index in [0.717, 1.165) is 24.9 Å². The molecule has 1 unspecified atom stereocenters. The van der Waals surface area contributed by atoms with Crippen molar-refractivity contribution in [3.8, 4) is 0 Å². The molecule has 0 bridgehead atoms. The molecule has 0 N–H and O–H groups in total. The summed E-state index contributed by atoms with van der Waals surface area (Å²) in [6.07, 6.45) is 10.7. The van der Waals surface area contributed by atoms with E-state index in [1.54, 1.807) is 0 Å². The van der Waals surface area contributed by atoms with Gasteiger partial charge in [-0.2, -0.15) is 5.10 Å². The van der Waals surface area contributed by atoms with Crippen molar-refractivity contribution in [1.82, 2.24) is 19.6 Å². The van der Waals surface area contributed by atoms with Gasteiger partial charge in [-0.15, -0.1) is 0 Å². The molecule has 2 aromatic rings. The molecular weight excluding hydrogens is 332 g/mol. The maximum absolute atomic E-state index is 4.33. The molecular formula is C23H34N4. The highest BCUT2D eigenvalue weighted by Gasteiger charge is 2.25. The first kappa shape index (κ1) is 18.7. The molecule has 4 rings (SSSR count). The summed E-state index contributed by atoms with van der Waals surface area (Å²) in [5.41, 5.74) is 1.45. The molecule has 4 nitrogen and oxygen atoms in total. The summed E-state index contributed by atoms with van der Waals surface area (Å²) in [7, 11) is 0. The molecule has 2 aliphatic rings. The molecule has 0 aliphatic carbocycles. The van der Waals surface area contributed by atoms with Crippen molar-refractivity contribution in [3.63, 3.8) is 0 Å². The Morgan fingerprint density at radius 2 is 1.74 bits per heavy atom. The Labute approximate surface area is 164 Å². The fourth-order valence-corrected chi connectivity index (χ4v) is 4.86. The van der Waals surface area contributed by atoms with Crippen LogP contribution in [0.2, 0.25) is 0 Å². The zero-order chi connectivity index (χ0) is 18.3. The molecule has 3 heterocycles. The van der Waals surface area contributed by atoms with Gasteiger partial charge in [0.15, 0.2) is 0 Å². The van der Waals surface area contributed by atoms with Crippen molar-refractivity contribution in [2.45, 2.75) is 45.2 Å². The molecule has 0 saturated carbocycles. The molecule has 4 heteroatoms. The summed E-state index contributed by atoms with van der Waals surface area (Å²) in [6.45, 7) is 8.62. The highest BCUT2D eigenvalue weighted by atomic mass is 15.3. The second-order valence-electron chi connectivity index (χ2n) is 8.53. The normalized spacial score (nSPS) is 22.9. The molecule has 1 aromatic heterocycles. The third-order valence-corrected chi connectivity index (χ3v) is 6.40. The van der Waals surface area contributed by atoms with Gasteiger partial charge in [0.1, 0.15) is 0 Å². The molecule has 2 aliphatic heterocycles. The maximum Gasteiger partial charge on any atom is 0.0489 e. The molecule has 1 aromatic carbocycles. The predicted molar refractivity (Wildman–Crippen MR) is 110 cm³/mol. The second-order valence-corrected chi connectivity index (χ2v) is 8.53. The Bertz CT molecular complexity index is 646. The van der Waals surface area contributed by atoms with Crippen LogP contribution in [0.5, 0.6) is 0 Å². The number of hydrogen-bond acceptors (Lipinski definition) is 3. The van der Waals surface area contributed by atoms with Crippen molar-refractivity contribution in [2.24, 2.45) is 11.8 Å². The SMILES string of the molecule is c1ccc(CN2CCCC(CN3CCC(CCn4cccn4)CC3)C2)cc1. The number of aryl methyl sites for hydroxylation is 1. The Morgan fingerprint density at radius 3 is 2.52 bits per heavy atom. The van der Waals surface area contributed by atoms with Gasteiger partial charge in [-0.1, -0.05) is 30.3 Å². The second kappa shape index (κ2) is 9.52. The van der Waals surface area contributed by atoms with Crippen molar-refractivity contribution in [3.05, 3.63) is 54.4 Å². The Balaban J connectivity index is 1.17. The van der Waals surface area contributed by atoms with Crippen LogP contribution in [0.15, 0.2) is 48.8 Å². The smallest absolute Gasteiger partial charge is 0.0489 e. The van der Waals surface area contributed by atoms with Crippen LogP contribution >= 0.6 is 0 Å². The van der Waals surface area contributed by atoms with Gasteiger partial charge >= 0.3 is 0 Å². The molecule has 0 radical (unpaired) electrons. The van der Waals surface area contributed by atoms with E-state index in [0.29, 0.717) is 0 Å². The van der Waals surface area contributed by atoms with Crippen LogP contribution in [0.25, 0.3) is 0 Å². The van der Waals surface area contributed by atoms with Crippen LogP contribution in [0.3, 0.4) is 0 Å². The molecule has 1 atom stereocenters. The zero-order valence-electron chi connectivity index (χ0n) is 16.5. The van der Waals surface area contributed by atoms with E-state index in [1.165, 1.54) is 70.4 Å². The van der Waals surface area contributed by atoms with E-state index in [2.05, 4.69) is 56.1 Å². The van der Waals surface area contributed by atoms with E-state index < -0.39 is 0 Å². The van der Waals surface area contributed by atoms with Gasteiger partial charge in [-0.05, 0) is 75.2 Å². The number of likely N-dealkylation sites (tertiary alicyclic amines) is 2. The third kappa shape index (κ3) is 5.66. The highest BCUT2D eigenvalue weighted by Crippen LogP contribution is 2.24. The summed E-state index contributed by atoms with van der Waals surface area (Å²) in [5, 5.41) is 4.33. The molecule has 2 saturated heterocycles. The number of benzene rings is 1. The zero-order valence-corrected chi connectivity index (χ0v) is 16.5. The largest absolute Gasteiger partial charge is 0.303 e. The molecule has 0 amide bonds. The first-order chi connectivity index (χ1) is 13.3. The minimum atomic E-state index is 0.850. The van der Waals surface area contributed by atoms with E-state index in [-0.39, 0.29) is 0 Å². The van der Waals surface area contributed by atoms with Gasteiger partial charge in [0.2, 0.25) is 0 Å². The topological polar surface area (TPSA) is 24.3 Å². The van der Waals surface area contributed by atoms with Crippen LogP contribution in [-0.4, -0.2) is 52.3 Å². The summed E-state index contributed by atoms with van der Waals surface area (Å²) >= 11 is 0. The molecule has 27 heavy (non-hydrogen) atoms. The molecule has 2 fully saturated rings. The fraction of sp³-hybridized carbons (Fsp3) is 0.609. The van der Waals surface area contributed by atoms with Gasteiger partial charge in [0.05, 0.1) is 0 Å². The van der Waals surface area contributed by atoms with Crippen LogP contribution in [0, 0.1) is 11.8 Å². The van der Waals surface area contributed by atoms with Gasteiger partial charge in [0.25, 0.3) is 0 Å². The van der Waals surface area contributed by atoms with Crippen LogP contribution in [0.4, 0.5) is 0 Å². The van der Waals surface area contributed by atoms with E-state index in [4.69, 9.17) is 0 Å². The third-order valence-electron chi connectivity index (χ3n) is 6.40. The van der Waals surface area contributed by atoms with E-state index in [9.17, 15) is 0 Å². The average molecular weight is 367 g/mol. The van der Waals surface area contributed by atoms with E-state index >= 15 is 0 Å². The van der Waals surface area contributed by atoms with Crippen LogP contribution in [0.1, 0.15) is 37.7 Å². The minimum absolute atomic E-state index is 0.850. The number of rotatable bonds is 7. The summed E-state index contributed by atoms with van der Waals surface area (Å²) in [4.78, 5) is 5.40.